The van der Waals surface area contributed by atoms with Crippen molar-refractivity contribution in [2.45, 2.75) is 33.1 Å². The Hall–Kier alpha value is -3.14. The number of hydrogen-bond donors (Lipinski definition) is 1. The number of hydrogen-bond acceptors (Lipinski definition) is 6. The number of fused-ring (bicyclic) bond motifs is 4. The SMILES string of the molecule is COCc1nn(C)c2c1-c1cc(Cl)c3n[nH]c(c3c1)/C=C/c1c(C)nn(C)c1CN(C)C[C@H](C)O2. The lowest BCUT2D eigenvalue weighted by atomic mass is 10.0. The van der Waals surface area contributed by atoms with Crippen molar-refractivity contribution in [2.75, 3.05) is 20.7 Å². The van der Waals surface area contributed by atoms with Gasteiger partial charge in [0.15, 0.2) is 0 Å². The molecule has 0 unspecified atom stereocenters. The first-order valence-electron chi connectivity index (χ1n) is 11.5. The second-order valence-corrected chi connectivity index (χ2v) is 9.61. The van der Waals surface area contributed by atoms with Gasteiger partial charge in [-0.2, -0.15) is 15.3 Å². The van der Waals surface area contributed by atoms with E-state index in [1.54, 1.807) is 11.8 Å². The third-order valence-electron chi connectivity index (χ3n) is 6.39. The Morgan fingerprint density at radius 3 is 2.74 bits per heavy atom. The van der Waals surface area contributed by atoms with Crippen molar-refractivity contribution in [1.29, 1.82) is 0 Å². The van der Waals surface area contributed by atoms with E-state index in [2.05, 4.69) is 46.3 Å². The lowest BCUT2D eigenvalue weighted by Gasteiger charge is -2.23. The van der Waals surface area contributed by atoms with Crippen molar-refractivity contribution in [1.82, 2.24) is 34.7 Å². The van der Waals surface area contributed by atoms with Gasteiger partial charge in [0.25, 0.3) is 0 Å². The number of aromatic nitrogens is 6. The van der Waals surface area contributed by atoms with E-state index in [9.17, 15) is 0 Å². The molecule has 0 fully saturated rings. The predicted octanol–water partition coefficient (Wildman–Crippen LogP) is 4.19. The van der Waals surface area contributed by atoms with E-state index in [1.807, 2.05) is 37.8 Å². The summed E-state index contributed by atoms with van der Waals surface area (Å²) in [6.45, 7) is 5.91. The molecule has 3 aromatic heterocycles. The fourth-order valence-electron chi connectivity index (χ4n) is 4.87. The molecule has 9 nitrogen and oxygen atoms in total. The Kier molecular flexibility index (Phi) is 6.16. The standard InChI is InChI=1S/C25H30ClN7O2/c1-14-11-31(3)12-22-17(15(2)29-32(22)4)7-8-20-18-9-16(10-19(26)24(18)28-27-20)23-21(13-34-6)30-33(5)25(23)35-14/h7-10,14H,11-13H2,1-6H3,(H,27,28)/b8-7+/t14-/m0/s1. The van der Waals surface area contributed by atoms with Gasteiger partial charge >= 0.3 is 0 Å². The zero-order chi connectivity index (χ0) is 24.9. The highest BCUT2D eigenvalue weighted by molar-refractivity contribution is 6.35. The number of rotatable bonds is 2. The van der Waals surface area contributed by atoms with Crippen LogP contribution in [-0.4, -0.2) is 61.5 Å². The highest BCUT2D eigenvalue weighted by Gasteiger charge is 2.24. The van der Waals surface area contributed by atoms with Crippen molar-refractivity contribution in [3.8, 4) is 17.0 Å². The number of nitrogens with zero attached hydrogens (tertiary/aromatic N) is 6. The van der Waals surface area contributed by atoms with Crippen molar-refractivity contribution < 1.29 is 9.47 Å². The maximum absolute atomic E-state index is 6.72. The largest absolute Gasteiger partial charge is 0.473 e. The topological polar surface area (TPSA) is 86.0 Å². The zero-order valence-corrected chi connectivity index (χ0v) is 21.6. The normalized spacial score (nSPS) is 17.6. The molecule has 4 heterocycles. The van der Waals surface area contributed by atoms with Gasteiger partial charge in [0.2, 0.25) is 5.88 Å². The fraction of sp³-hybridized carbons (Fsp3) is 0.400. The van der Waals surface area contributed by atoms with E-state index < -0.39 is 0 Å². The summed E-state index contributed by atoms with van der Waals surface area (Å²) in [5, 5.41) is 18.5. The molecule has 5 rings (SSSR count). The third-order valence-corrected chi connectivity index (χ3v) is 6.68. The molecule has 0 aliphatic carbocycles. The molecule has 2 bridgehead atoms. The fourth-order valence-corrected chi connectivity index (χ4v) is 5.13. The van der Waals surface area contributed by atoms with Gasteiger partial charge in [0.1, 0.15) is 11.6 Å². The maximum atomic E-state index is 6.72. The van der Waals surface area contributed by atoms with Gasteiger partial charge < -0.3 is 9.47 Å². The third kappa shape index (κ3) is 4.24. The minimum absolute atomic E-state index is 0.0910. The number of H-pyrrole nitrogens is 1. The molecule has 0 radical (unpaired) electrons. The molecular weight excluding hydrogens is 466 g/mol. The van der Waals surface area contributed by atoms with Gasteiger partial charge in [0.05, 0.1) is 40.0 Å². The number of benzene rings is 1. The number of likely N-dealkylation sites (N-methyl/N-ethyl adjacent to an activating group) is 1. The van der Waals surface area contributed by atoms with Crippen LogP contribution in [0.5, 0.6) is 5.88 Å². The number of methoxy groups -OCH3 is 1. The summed E-state index contributed by atoms with van der Waals surface area (Å²) in [5.74, 6) is 0.681. The summed E-state index contributed by atoms with van der Waals surface area (Å²) in [5.41, 5.74) is 7.37. The molecule has 1 aliphatic rings. The van der Waals surface area contributed by atoms with Gasteiger partial charge in [-0.25, -0.2) is 4.68 Å². The summed E-state index contributed by atoms with van der Waals surface area (Å²) in [4.78, 5) is 2.25. The van der Waals surface area contributed by atoms with Gasteiger partial charge in [-0.05, 0) is 50.7 Å². The summed E-state index contributed by atoms with van der Waals surface area (Å²) < 4.78 is 15.7. The molecule has 4 aromatic rings. The van der Waals surface area contributed by atoms with Crippen LogP contribution in [0.2, 0.25) is 5.02 Å². The lowest BCUT2D eigenvalue weighted by molar-refractivity contribution is 0.147. The molecule has 10 heteroatoms. The van der Waals surface area contributed by atoms with Crippen LogP contribution in [0.15, 0.2) is 12.1 Å². The van der Waals surface area contributed by atoms with Crippen LogP contribution in [0.4, 0.5) is 0 Å². The second-order valence-electron chi connectivity index (χ2n) is 9.20. The molecule has 0 saturated carbocycles. The van der Waals surface area contributed by atoms with Crippen molar-refractivity contribution in [3.05, 3.63) is 45.5 Å². The van der Waals surface area contributed by atoms with Crippen LogP contribution in [-0.2, 0) is 32.0 Å². The van der Waals surface area contributed by atoms with E-state index in [1.165, 1.54) is 0 Å². The average Bonchev–Trinajstić information content (AvgIpc) is 3.41. The Labute approximate surface area is 209 Å². The van der Waals surface area contributed by atoms with Crippen LogP contribution >= 0.6 is 11.6 Å². The Morgan fingerprint density at radius 1 is 1.17 bits per heavy atom. The number of aromatic amines is 1. The summed E-state index contributed by atoms with van der Waals surface area (Å²) in [6, 6.07) is 4.00. The van der Waals surface area contributed by atoms with Crippen molar-refractivity contribution >= 4 is 34.7 Å². The summed E-state index contributed by atoms with van der Waals surface area (Å²) in [6.07, 6.45) is 4.05. The van der Waals surface area contributed by atoms with E-state index in [0.29, 0.717) is 17.5 Å². The number of aryl methyl sites for hydroxylation is 3. The Bertz CT molecular complexity index is 1430. The maximum Gasteiger partial charge on any atom is 0.220 e. The molecular formula is C25H30ClN7O2. The van der Waals surface area contributed by atoms with Crippen LogP contribution in [0, 0.1) is 6.92 Å². The van der Waals surface area contributed by atoms with Gasteiger partial charge in [-0.3, -0.25) is 14.7 Å². The summed E-state index contributed by atoms with van der Waals surface area (Å²) >= 11 is 6.72. The highest BCUT2D eigenvalue weighted by Crippen LogP contribution is 2.39. The van der Waals surface area contributed by atoms with Crippen LogP contribution in [0.1, 0.15) is 35.3 Å². The molecule has 1 aromatic carbocycles. The molecule has 35 heavy (non-hydrogen) atoms. The minimum Gasteiger partial charge on any atom is -0.473 e. The molecule has 1 N–H and O–H groups in total. The molecule has 0 spiro atoms. The van der Waals surface area contributed by atoms with Crippen LogP contribution < -0.4 is 4.74 Å². The Morgan fingerprint density at radius 2 is 1.97 bits per heavy atom. The first kappa shape index (κ1) is 23.6. The smallest absolute Gasteiger partial charge is 0.220 e. The first-order chi connectivity index (χ1) is 16.8. The monoisotopic (exact) mass is 495 g/mol. The van der Waals surface area contributed by atoms with E-state index >= 15 is 0 Å². The molecule has 1 atom stereocenters. The van der Waals surface area contributed by atoms with Crippen LogP contribution in [0.3, 0.4) is 0 Å². The molecule has 0 amide bonds. The van der Waals surface area contributed by atoms with Crippen LogP contribution in [0.25, 0.3) is 34.2 Å². The zero-order valence-electron chi connectivity index (χ0n) is 20.9. The van der Waals surface area contributed by atoms with Crippen molar-refractivity contribution in [2.24, 2.45) is 14.1 Å². The molecule has 184 valence electrons. The van der Waals surface area contributed by atoms with E-state index in [-0.39, 0.29) is 6.10 Å². The van der Waals surface area contributed by atoms with E-state index in [0.717, 1.165) is 63.5 Å². The average molecular weight is 496 g/mol. The minimum atomic E-state index is -0.0910. The van der Waals surface area contributed by atoms with Crippen molar-refractivity contribution in [3.63, 3.8) is 0 Å². The van der Waals surface area contributed by atoms with Gasteiger partial charge in [-0.1, -0.05) is 11.6 Å². The number of halogens is 1. The molecule has 0 saturated heterocycles. The number of ether oxygens (including phenoxy) is 2. The van der Waals surface area contributed by atoms with E-state index in [4.69, 9.17) is 26.2 Å². The lowest BCUT2D eigenvalue weighted by Crippen LogP contribution is -2.32. The molecule has 1 aliphatic heterocycles. The van der Waals surface area contributed by atoms with Gasteiger partial charge in [-0.15, -0.1) is 0 Å². The highest BCUT2D eigenvalue weighted by atomic mass is 35.5. The second kappa shape index (κ2) is 9.14. The first-order valence-corrected chi connectivity index (χ1v) is 11.9. The number of nitrogens with one attached hydrogen (secondary N) is 1. The Balaban J connectivity index is 1.75. The van der Waals surface area contributed by atoms with Gasteiger partial charge in [0, 0.05) is 45.2 Å². The predicted molar refractivity (Wildman–Crippen MR) is 137 cm³/mol. The quantitative estimate of drug-likeness (QED) is 0.449. The summed E-state index contributed by atoms with van der Waals surface area (Å²) in [7, 11) is 7.63.